The molecule has 0 aliphatic carbocycles. The molecule has 1 N–H and O–H groups in total. The van der Waals surface area contributed by atoms with Crippen molar-refractivity contribution in [1.82, 2.24) is 24.6 Å². The van der Waals surface area contributed by atoms with Crippen molar-refractivity contribution in [2.45, 2.75) is 31.6 Å². The molecule has 1 aliphatic heterocycles. The lowest BCUT2D eigenvalue weighted by Gasteiger charge is -2.34. The molecule has 2 aromatic carbocycles. The highest BCUT2D eigenvalue weighted by molar-refractivity contribution is 7.92. The molecule has 40 heavy (non-hydrogen) atoms. The summed E-state index contributed by atoms with van der Waals surface area (Å²) >= 11 is 0. The molecule has 1 fully saturated rings. The fraction of sp³-hybridized carbons (Fsp3) is 0.345. The largest absolute Gasteiger partial charge is 0.439 e. The maximum atomic E-state index is 13.1. The van der Waals surface area contributed by atoms with E-state index in [4.69, 9.17) is 9.72 Å². The Bertz CT molecular complexity index is 1590. The molecular weight excluding hydrogens is 526 g/mol. The van der Waals surface area contributed by atoms with Crippen LogP contribution in [0.1, 0.15) is 30.9 Å². The fourth-order valence-corrected chi connectivity index (χ4v) is 5.68. The molecule has 1 aliphatic rings. The third-order valence-electron chi connectivity index (χ3n) is 7.03. The Morgan fingerprint density at radius 3 is 2.27 bits per heavy atom. The van der Waals surface area contributed by atoms with Crippen molar-refractivity contribution in [3.63, 3.8) is 0 Å². The van der Waals surface area contributed by atoms with Crippen LogP contribution in [0, 0.1) is 6.92 Å². The lowest BCUT2D eigenvalue weighted by Crippen LogP contribution is -2.44. The van der Waals surface area contributed by atoms with Crippen LogP contribution in [0.4, 0.5) is 11.6 Å². The second-order valence-corrected chi connectivity index (χ2v) is 12.1. The van der Waals surface area contributed by atoms with Crippen LogP contribution in [-0.4, -0.2) is 66.3 Å². The molecule has 0 bridgehead atoms. The molecule has 2 aromatic heterocycles. The van der Waals surface area contributed by atoms with Gasteiger partial charge >= 0.3 is 0 Å². The number of piperazine rings is 1. The van der Waals surface area contributed by atoms with E-state index in [-0.39, 0.29) is 16.8 Å². The van der Waals surface area contributed by atoms with Gasteiger partial charge in [0.25, 0.3) is 10.0 Å². The first-order valence-electron chi connectivity index (χ1n) is 13.3. The Labute approximate surface area is 235 Å². The van der Waals surface area contributed by atoms with Crippen molar-refractivity contribution in [1.29, 1.82) is 0 Å². The Morgan fingerprint density at radius 1 is 0.950 bits per heavy atom. The molecule has 0 unspecified atom stereocenters. The van der Waals surface area contributed by atoms with Gasteiger partial charge in [-0.2, -0.15) is 10.1 Å². The lowest BCUT2D eigenvalue weighted by molar-refractivity contribution is 0.313. The van der Waals surface area contributed by atoms with Crippen LogP contribution < -0.4 is 14.4 Å². The Hall–Kier alpha value is -3.96. The fourth-order valence-electron chi connectivity index (χ4n) is 4.75. The monoisotopic (exact) mass is 561 g/mol. The highest BCUT2D eigenvalue weighted by atomic mass is 32.2. The van der Waals surface area contributed by atoms with Crippen molar-refractivity contribution in [3.05, 3.63) is 72.1 Å². The van der Waals surface area contributed by atoms with Gasteiger partial charge in [-0.05, 0) is 49.7 Å². The average Bonchev–Trinajstić information content (AvgIpc) is 3.37. The van der Waals surface area contributed by atoms with E-state index < -0.39 is 10.0 Å². The summed E-state index contributed by atoms with van der Waals surface area (Å²) in [7, 11) is -0.175. The minimum atomic E-state index is -3.97. The van der Waals surface area contributed by atoms with Gasteiger partial charge in [-0.25, -0.2) is 18.1 Å². The van der Waals surface area contributed by atoms with Gasteiger partial charge in [0.15, 0.2) is 0 Å². The number of hydrogen-bond donors (Lipinski definition) is 1. The van der Waals surface area contributed by atoms with Crippen LogP contribution in [0.5, 0.6) is 11.6 Å². The summed E-state index contributed by atoms with van der Waals surface area (Å²) in [5, 5.41) is 3.98. The number of aryl methyl sites for hydroxylation is 2. The number of likely N-dealkylation sites (N-methyl/N-ethyl adjacent to an activating group) is 1. The average molecular weight is 562 g/mol. The van der Waals surface area contributed by atoms with Crippen molar-refractivity contribution in [3.8, 4) is 22.9 Å². The number of rotatable bonds is 8. The number of ether oxygens (including phenoxy) is 1. The molecule has 0 saturated carbocycles. The SMILES string of the molecule is Cc1ccccc1-c1nc(NS(=O)(=O)c2cnn(C)c2)nc(Oc2ccc(N3CCN(C)CC3)cc2)c1C(C)C. The molecule has 3 heterocycles. The van der Waals surface area contributed by atoms with Crippen LogP contribution in [0.25, 0.3) is 11.3 Å². The maximum absolute atomic E-state index is 13.1. The minimum absolute atomic E-state index is 0.00167. The van der Waals surface area contributed by atoms with E-state index in [9.17, 15) is 8.42 Å². The highest BCUT2D eigenvalue weighted by Gasteiger charge is 2.25. The standard InChI is InChI=1S/C29H35N7O3S/c1-20(2)26-27(25-9-7-6-8-21(25)3)31-29(33-40(37,38)24-18-30-35(5)19-24)32-28(26)39-23-12-10-22(11-13-23)36-16-14-34(4)15-17-36/h6-13,18-20H,14-17H2,1-5H3,(H,31,32,33). The second-order valence-electron chi connectivity index (χ2n) is 10.4. The van der Waals surface area contributed by atoms with E-state index in [2.05, 4.69) is 31.7 Å². The summed E-state index contributed by atoms with van der Waals surface area (Å²) in [6, 6.07) is 15.8. The van der Waals surface area contributed by atoms with Crippen LogP contribution in [0.3, 0.4) is 0 Å². The van der Waals surface area contributed by atoms with Gasteiger partial charge < -0.3 is 14.5 Å². The summed E-state index contributed by atoms with van der Waals surface area (Å²) in [5.41, 5.74) is 4.44. The van der Waals surface area contributed by atoms with Crippen LogP contribution in [-0.2, 0) is 17.1 Å². The van der Waals surface area contributed by atoms with E-state index >= 15 is 0 Å². The summed E-state index contributed by atoms with van der Waals surface area (Å²) in [5.74, 6) is 0.837. The Morgan fingerprint density at radius 2 is 1.65 bits per heavy atom. The molecule has 4 aromatic rings. The number of aromatic nitrogens is 4. The van der Waals surface area contributed by atoms with Crippen molar-refractivity contribution < 1.29 is 13.2 Å². The van der Waals surface area contributed by atoms with E-state index in [0.717, 1.165) is 48.6 Å². The molecule has 10 nitrogen and oxygen atoms in total. The first-order valence-corrected chi connectivity index (χ1v) is 14.8. The number of hydrogen-bond acceptors (Lipinski definition) is 8. The van der Waals surface area contributed by atoms with Gasteiger partial charge in [-0.15, -0.1) is 0 Å². The molecule has 0 amide bonds. The Balaban J connectivity index is 1.54. The number of anilines is 2. The van der Waals surface area contributed by atoms with Crippen molar-refractivity contribution in [2.24, 2.45) is 7.05 Å². The van der Waals surface area contributed by atoms with Crippen molar-refractivity contribution in [2.75, 3.05) is 42.8 Å². The van der Waals surface area contributed by atoms with E-state index in [0.29, 0.717) is 17.3 Å². The molecule has 210 valence electrons. The van der Waals surface area contributed by atoms with E-state index in [1.54, 1.807) is 7.05 Å². The van der Waals surface area contributed by atoms with Crippen LogP contribution in [0.2, 0.25) is 0 Å². The molecule has 11 heteroatoms. The molecule has 0 spiro atoms. The normalized spacial score (nSPS) is 14.5. The zero-order valence-corrected chi connectivity index (χ0v) is 24.3. The number of nitrogens with one attached hydrogen (secondary N) is 1. The molecule has 1 saturated heterocycles. The summed E-state index contributed by atoms with van der Waals surface area (Å²) in [6.07, 6.45) is 2.71. The minimum Gasteiger partial charge on any atom is -0.439 e. The predicted molar refractivity (Wildman–Crippen MR) is 157 cm³/mol. The summed E-state index contributed by atoms with van der Waals surface area (Å²) < 4.78 is 36.6. The van der Waals surface area contributed by atoms with Crippen molar-refractivity contribution >= 4 is 21.7 Å². The maximum Gasteiger partial charge on any atom is 0.267 e. The molecular formula is C29H35N7O3S. The first kappa shape index (κ1) is 27.6. The van der Waals surface area contributed by atoms with Gasteiger partial charge in [-0.1, -0.05) is 38.1 Å². The first-order chi connectivity index (χ1) is 19.1. The van der Waals surface area contributed by atoms with E-state index in [1.807, 2.05) is 69.3 Å². The predicted octanol–water partition coefficient (Wildman–Crippen LogP) is 4.65. The number of benzene rings is 2. The summed E-state index contributed by atoms with van der Waals surface area (Å²) in [4.78, 5) is 14.0. The van der Waals surface area contributed by atoms with E-state index in [1.165, 1.54) is 17.1 Å². The summed E-state index contributed by atoms with van der Waals surface area (Å²) in [6.45, 7) is 10.1. The van der Waals surface area contributed by atoms with Crippen LogP contribution in [0.15, 0.2) is 65.8 Å². The molecule has 0 atom stereocenters. The number of sulfonamides is 1. The third kappa shape index (κ3) is 5.95. The molecule has 0 radical (unpaired) electrons. The second kappa shape index (κ2) is 11.3. The zero-order chi connectivity index (χ0) is 28.4. The number of nitrogens with zero attached hydrogens (tertiary/aromatic N) is 6. The Kier molecular flexibility index (Phi) is 7.77. The zero-order valence-electron chi connectivity index (χ0n) is 23.5. The van der Waals surface area contributed by atoms with Gasteiger partial charge in [0, 0.05) is 56.2 Å². The van der Waals surface area contributed by atoms with Gasteiger partial charge in [0.1, 0.15) is 10.6 Å². The topological polar surface area (TPSA) is 105 Å². The third-order valence-corrected chi connectivity index (χ3v) is 8.31. The van der Waals surface area contributed by atoms with Gasteiger partial charge in [0.05, 0.1) is 11.9 Å². The lowest BCUT2D eigenvalue weighted by atomic mass is 9.95. The molecule has 5 rings (SSSR count). The van der Waals surface area contributed by atoms with Crippen LogP contribution >= 0.6 is 0 Å². The highest BCUT2D eigenvalue weighted by Crippen LogP contribution is 2.38. The van der Waals surface area contributed by atoms with Gasteiger partial charge in [0.2, 0.25) is 11.8 Å². The smallest absolute Gasteiger partial charge is 0.267 e. The van der Waals surface area contributed by atoms with Gasteiger partial charge in [-0.3, -0.25) is 4.68 Å². The quantitative estimate of drug-likeness (QED) is 0.331.